The van der Waals surface area contributed by atoms with Crippen LogP contribution in [0.3, 0.4) is 0 Å². The van der Waals surface area contributed by atoms with Gasteiger partial charge in [0.2, 0.25) is 10.0 Å². The highest BCUT2D eigenvalue weighted by atomic mass is 35.5. The van der Waals surface area contributed by atoms with E-state index in [0.717, 1.165) is 0 Å². The fourth-order valence-corrected chi connectivity index (χ4v) is 4.66. The van der Waals surface area contributed by atoms with Crippen molar-refractivity contribution in [2.24, 2.45) is 0 Å². The number of nitrogens with zero attached hydrogens (tertiary/aromatic N) is 1. The molecule has 2 rings (SSSR count). The summed E-state index contributed by atoms with van der Waals surface area (Å²) in [5, 5.41) is 8.78. The van der Waals surface area contributed by atoms with Gasteiger partial charge < -0.3 is 9.84 Å². The number of sulfonamides is 1. The Morgan fingerprint density at radius 2 is 1.95 bits per heavy atom. The first-order valence-corrected chi connectivity index (χ1v) is 8.84. The van der Waals surface area contributed by atoms with Crippen molar-refractivity contribution in [2.45, 2.75) is 31.3 Å². The van der Waals surface area contributed by atoms with Crippen molar-refractivity contribution in [1.82, 2.24) is 4.31 Å². The maximum Gasteiger partial charge on any atom is 0.345 e. The SMILES string of the molecule is CCN(CC)S(=O)(=O)c1cc2c(c(Cl)c1Cl)OC(C(=O)O)C2. The van der Waals surface area contributed by atoms with Crippen LogP contribution in [-0.4, -0.2) is 43.0 Å². The predicted octanol–water partition coefficient (Wildman–Crippen LogP) is 2.41. The van der Waals surface area contributed by atoms with E-state index in [0.29, 0.717) is 5.56 Å². The summed E-state index contributed by atoms with van der Waals surface area (Å²) in [5.41, 5.74) is 0.424. The summed E-state index contributed by atoms with van der Waals surface area (Å²) < 4.78 is 31.7. The Bertz CT molecular complexity index is 716. The normalized spacial score (nSPS) is 17.4. The first-order chi connectivity index (χ1) is 10.2. The van der Waals surface area contributed by atoms with Gasteiger partial charge in [0.25, 0.3) is 0 Å². The summed E-state index contributed by atoms with van der Waals surface area (Å²) in [6.07, 6.45) is -1.04. The zero-order valence-corrected chi connectivity index (χ0v) is 14.3. The zero-order chi connectivity index (χ0) is 16.7. The Balaban J connectivity index is 2.57. The molecule has 1 aromatic rings. The van der Waals surface area contributed by atoms with E-state index in [1.54, 1.807) is 13.8 Å². The molecule has 9 heteroatoms. The van der Waals surface area contributed by atoms with Gasteiger partial charge in [0.1, 0.15) is 15.7 Å². The van der Waals surface area contributed by atoms with Crippen LogP contribution in [0.15, 0.2) is 11.0 Å². The van der Waals surface area contributed by atoms with E-state index in [2.05, 4.69) is 0 Å². The fraction of sp³-hybridized carbons (Fsp3) is 0.462. The summed E-state index contributed by atoms with van der Waals surface area (Å²) in [7, 11) is -3.80. The number of carboxylic acid groups (broad SMARTS) is 1. The first-order valence-electron chi connectivity index (χ1n) is 6.64. The summed E-state index contributed by atoms with van der Waals surface area (Å²) in [6, 6.07) is 1.35. The summed E-state index contributed by atoms with van der Waals surface area (Å²) in [6.45, 7) is 4.01. The third-order valence-electron chi connectivity index (χ3n) is 3.47. The lowest BCUT2D eigenvalue weighted by molar-refractivity contribution is -0.144. The molecule has 0 saturated heterocycles. The van der Waals surface area contributed by atoms with Crippen LogP contribution < -0.4 is 4.74 Å². The molecule has 0 bridgehead atoms. The maximum absolute atomic E-state index is 12.6. The molecule has 6 nitrogen and oxygen atoms in total. The fourth-order valence-electron chi connectivity index (χ4n) is 2.33. The number of ether oxygens (including phenoxy) is 1. The highest BCUT2D eigenvalue weighted by Gasteiger charge is 2.35. The zero-order valence-electron chi connectivity index (χ0n) is 12.0. The molecule has 1 aromatic carbocycles. The standard InChI is InChI=1S/C13H15Cl2NO5S/c1-3-16(4-2)22(19,20)9-6-7-5-8(13(17)18)21-12(7)11(15)10(9)14/h6,8H,3-5H2,1-2H3,(H,17,18). The van der Waals surface area contributed by atoms with E-state index in [9.17, 15) is 13.2 Å². The minimum atomic E-state index is -3.80. The molecule has 0 spiro atoms. The van der Waals surface area contributed by atoms with Gasteiger partial charge in [-0.25, -0.2) is 13.2 Å². The molecule has 1 unspecified atom stereocenters. The van der Waals surface area contributed by atoms with E-state index in [1.807, 2.05) is 0 Å². The van der Waals surface area contributed by atoms with Crippen molar-refractivity contribution in [3.05, 3.63) is 21.7 Å². The second-order valence-corrected chi connectivity index (χ2v) is 7.39. The number of halogens is 2. The van der Waals surface area contributed by atoms with Crippen molar-refractivity contribution in [2.75, 3.05) is 13.1 Å². The van der Waals surface area contributed by atoms with Crippen LogP contribution in [0.2, 0.25) is 10.0 Å². The largest absolute Gasteiger partial charge is 0.478 e. The lowest BCUT2D eigenvalue weighted by Gasteiger charge is -2.20. The predicted molar refractivity (Wildman–Crippen MR) is 82.3 cm³/mol. The molecule has 1 heterocycles. The Hall–Kier alpha value is -1.02. The molecule has 22 heavy (non-hydrogen) atoms. The molecule has 0 fully saturated rings. The van der Waals surface area contributed by atoms with E-state index < -0.39 is 22.1 Å². The van der Waals surface area contributed by atoms with Gasteiger partial charge in [-0.2, -0.15) is 4.31 Å². The number of fused-ring (bicyclic) bond motifs is 1. The van der Waals surface area contributed by atoms with Gasteiger partial charge in [-0.15, -0.1) is 0 Å². The van der Waals surface area contributed by atoms with Crippen LogP contribution in [0.5, 0.6) is 5.75 Å². The number of hydrogen-bond donors (Lipinski definition) is 1. The van der Waals surface area contributed by atoms with Gasteiger partial charge in [-0.1, -0.05) is 37.0 Å². The van der Waals surface area contributed by atoms with Gasteiger partial charge >= 0.3 is 5.97 Å². The number of benzene rings is 1. The van der Waals surface area contributed by atoms with Crippen molar-refractivity contribution >= 4 is 39.2 Å². The molecule has 0 saturated carbocycles. The number of rotatable bonds is 5. The molecule has 0 aromatic heterocycles. The summed E-state index contributed by atoms with van der Waals surface area (Å²) in [5.74, 6) is -1.01. The van der Waals surface area contributed by atoms with Crippen molar-refractivity contribution < 1.29 is 23.1 Å². The molecular weight excluding hydrogens is 353 g/mol. The van der Waals surface area contributed by atoms with Crippen LogP contribution in [0.1, 0.15) is 19.4 Å². The average Bonchev–Trinajstić information content (AvgIpc) is 2.88. The molecule has 0 aliphatic carbocycles. The third kappa shape index (κ3) is 2.78. The van der Waals surface area contributed by atoms with Crippen LogP contribution in [0.4, 0.5) is 0 Å². The van der Waals surface area contributed by atoms with Crippen LogP contribution in [0, 0.1) is 0 Å². The number of carbonyl (C=O) groups is 1. The van der Waals surface area contributed by atoms with Gasteiger partial charge in [-0.05, 0) is 6.07 Å². The average molecular weight is 368 g/mol. The van der Waals surface area contributed by atoms with Crippen LogP contribution in [-0.2, 0) is 21.2 Å². The highest BCUT2D eigenvalue weighted by molar-refractivity contribution is 7.89. The van der Waals surface area contributed by atoms with E-state index >= 15 is 0 Å². The van der Waals surface area contributed by atoms with Gasteiger partial charge in [-0.3, -0.25) is 0 Å². The molecule has 0 radical (unpaired) electrons. The van der Waals surface area contributed by atoms with E-state index in [-0.39, 0.29) is 40.2 Å². The number of aliphatic carboxylic acids is 1. The lowest BCUT2D eigenvalue weighted by atomic mass is 10.1. The lowest BCUT2D eigenvalue weighted by Crippen LogP contribution is -2.30. The molecular formula is C13H15Cl2NO5S. The number of carboxylic acids is 1. The van der Waals surface area contributed by atoms with Crippen LogP contribution >= 0.6 is 23.2 Å². The highest BCUT2D eigenvalue weighted by Crippen LogP contribution is 2.44. The molecule has 122 valence electrons. The second kappa shape index (κ2) is 6.23. The Kier molecular flexibility index (Phi) is 4.91. The minimum absolute atomic E-state index is 0.0440. The second-order valence-electron chi connectivity index (χ2n) is 4.73. The molecule has 1 aliphatic rings. The van der Waals surface area contributed by atoms with Crippen molar-refractivity contribution in [3.8, 4) is 5.75 Å². The number of hydrogen-bond acceptors (Lipinski definition) is 4. The molecule has 1 N–H and O–H groups in total. The smallest absolute Gasteiger partial charge is 0.345 e. The minimum Gasteiger partial charge on any atom is -0.478 e. The van der Waals surface area contributed by atoms with E-state index in [4.69, 9.17) is 33.0 Å². The molecule has 1 atom stereocenters. The quantitative estimate of drug-likeness (QED) is 0.863. The Morgan fingerprint density at radius 3 is 2.45 bits per heavy atom. The van der Waals surface area contributed by atoms with Crippen molar-refractivity contribution in [1.29, 1.82) is 0 Å². The Labute approximate surface area is 138 Å². The van der Waals surface area contributed by atoms with Gasteiger partial charge in [0.15, 0.2) is 6.10 Å². The van der Waals surface area contributed by atoms with Crippen molar-refractivity contribution in [3.63, 3.8) is 0 Å². The molecule has 1 aliphatic heterocycles. The maximum atomic E-state index is 12.6. The van der Waals surface area contributed by atoms with Crippen LogP contribution in [0.25, 0.3) is 0 Å². The summed E-state index contributed by atoms with van der Waals surface area (Å²) in [4.78, 5) is 10.9. The third-order valence-corrected chi connectivity index (χ3v) is 6.51. The molecule has 0 amide bonds. The van der Waals surface area contributed by atoms with E-state index in [1.165, 1.54) is 10.4 Å². The topological polar surface area (TPSA) is 83.9 Å². The van der Waals surface area contributed by atoms with Gasteiger partial charge in [0.05, 0.1) is 5.02 Å². The Morgan fingerprint density at radius 1 is 1.36 bits per heavy atom. The summed E-state index contributed by atoms with van der Waals surface area (Å²) >= 11 is 12.2. The monoisotopic (exact) mass is 367 g/mol. The first kappa shape index (κ1) is 17.3. The van der Waals surface area contributed by atoms with Gasteiger partial charge in [0, 0.05) is 25.1 Å².